The van der Waals surface area contributed by atoms with E-state index in [1.54, 1.807) is 20.8 Å². The fraction of sp³-hybridized carbons (Fsp3) is 0.667. The lowest BCUT2D eigenvalue weighted by atomic mass is 9.94. The van der Waals surface area contributed by atoms with Crippen molar-refractivity contribution in [3.63, 3.8) is 0 Å². The van der Waals surface area contributed by atoms with Crippen LogP contribution in [-0.4, -0.2) is 40.9 Å². The van der Waals surface area contributed by atoms with Gasteiger partial charge in [0, 0.05) is 5.41 Å². The number of aliphatic carboxylic acids is 1. The molecular formula is C9H16N2O4. The Hall–Kier alpha value is -1.59. The van der Waals surface area contributed by atoms with Crippen LogP contribution in [0.3, 0.4) is 0 Å². The molecule has 0 fully saturated rings. The second-order valence-corrected chi connectivity index (χ2v) is 4.27. The third-order valence-electron chi connectivity index (χ3n) is 1.60. The Kier molecular flexibility index (Phi) is 4.26. The third kappa shape index (κ3) is 4.99. The summed E-state index contributed by atoms with van der Waals surface area (Å²) in [5.41, 5.74) is 4.19. The summed E-state index contributed by atoms with van der Waals surface area (Å²) in [7, 11) is 0. The number of carboxylic acids is 1. The first kappa shape index (κ1) is 13.4. The van der Waals surface area contributed by atoms with Crippen LogP contribution >= 0.6 is 0 Å². The monoisotopic (exact) mass is 216 g/mol. The molecule has 6 heteroatoms. The SMILES string of the molecule is CC(C)(C)C(=O)N(CC(N)=O)CC(=O)O. The molecule has 0 saturated carbocycles. The number of hydrogen-bond acceptors (Lipinski definition) is 3. The highest BCUT2D eigenvalue weighted by Gasteiger charge is 2.29. The molecule has 0 aromatic carbocycles. The van der Waals surface area contributed by atoms with Crippen LogP contribution in [0.25, 0.3) is 0 Å². The van der Waals surface area contributed by atoms with E-state index >= 15 is 0 Å². The van der Waals surface area contributed by atoms with Gasteiger partial charge in [-0.15, -0.1) is 0 Å². The number of hydrogen-bond donors (Lipinski definition) is 2. The van der Waals surface area contributed by atoms with E-state index in [0.29, 0.717) is 0 Å². The van der Waals surface area contributed by atoms with E-state index in [1.807, 2.05) is 0 Å². The van der Waals surface area contributed by atoms with Crippen LogP contribution in [0.15, 0.2) is 0 Å². The standard InChI is InChI=1S/C9H16N2O4/c1-9(2,3)8(15)11(4-6(10)12)5-7(13)14/h4-5H2,1-3H3,(H2,10,12)(H,13,14). The van der Waals surface area contributed by atoms with Crippen LogP contribution in [0, 0.1) is 5.41 Å². The molecule has 0 aliphatic heterocycles. The zero-order valence-corrected chi connectivity index (χ0v) is 9.11. The molecule has 0 radical (unpaired) electrons. The van der Waals surface area contributed by atoms with E-state index < -0.39 is 29.7 Å². The smallest absolute Gasteiger partial charge is 0.323 e. The molecule has 0 spiro atoms. The summed E-state index contributed by atoms with van der Waals surface area (Å²) in [6.45, 7) is 4.04. The van der Waals surface area contributed by atoms with Crippen LogP contribution in [0.5, 0.6) is 0 Å². The van der Waals surface area contributed by atoms with Gasteiger partial charge in [0.2, 0.25) is 11.8 Å². The van der Waals surface area contributed by atoms with Crippen molar-refractivity contribution < 1.29 is 19.5 Å². The maximum Gasteiger partial charge on any atom is 0.323 e. The van der Waals surface area contributed by atoms with Crippen molar-refractivity contribution in [3.05, 3.63) is 0 Å². The minimum Gasteiger partial charge on any atom is -0.480 e. The summed E-state index contributed by atoms with van der Waals surface area (Å²) in [5.74, 6) is -2.31. The van der Waals surface area contributed by atoms with Gasteiger partial charge in [0.05, 0.1) is 6.54 Å². The molecule has 3 N–H and O–H groups in total. The predicted octanol–water partition coefficient (Wildman–Crippen LogP) is -0.569. The van der Waals surface area contributed by atoms with E-state index in [-0.39, 0.29) is 6.54 Å². The maximum absolute atomic E-state index is 11.7. The fourth-order valence-corrected chi connectivity index (χ4v) is 1.03. The number of primary amides is 1. The average Bonchev–Trinajstić information content (AvgIpc) is 1.98. The highest BCUT2D eigenvalue weighted by molar-refractivity contribution is 5.89. The lowest BCUT2D eigenvalue weighted by molar-refractivity contribution is -0.149. The van der Waals surface area contributed by atoms with Crippen molar-refractivity contribution in [2.24, 2.45) is 11.1 Å². The maximum atomic E-state index is 11.7. The summed E-state index contributed by atoms with van der Waals surface area (Å²) < 4.78 is 0. The number of carbonyl (C=O) groups excluding carboxylic acids is 2. The summed E-state index contributed by atoms with van der Waals surface area (Å²) in [6.07, 6.45) is 0. The summed E-state index contributed by atoms with van der Waals surface area (Å²) in [5, 5.41) is 8.57. The molecule has 0 saturated heterocycles. The van der Waals surface area contributed by atoms with Gasteiger partial charge in [0.15, 0.2) is 0 Å². The van der Waals surface area contributed by atoms with E-state index in [1.165, 1.54) is 0 Å². The quantitative estimate of drug-likeness (QED) is 0.657. The highest BCUT2D eigenvalue weighted by atomic mass is 16.4. The van der Waals surface area contributed by atoms with E-state index in [2.05, 4.69) is 0 Å². The van der Waals surface area contributed by atoms with Gasteiger partial charge in [-0.05, 0) is 0 Å². The zero-order chi connectivity index (χ0) is 12.2. The number of carbonyl (C=O) groups is 3. The Morgan fingerprint density at radius 2 is 1.67 bits per heavy atom. The molecule has 0 aromatic heterocycles. The number of carboxylic acid groups (broad SMARTS) is 1. The molecule has 0 unspecified atom stereocenters. The van der Waals surface area contributed by atoms with Gasteiger partial charge in [-0.25, -0.2) is 0 Å². The van der Waals surface area contributed by atoms with Gasteiger partial charge >= 0.3 is 5.97 Å². The van der Waals surface area contributed by atoms with Gasteiger partial charge in [-0.3, -0.25) is 14.4 Å². The van der Waals surface area contributed by atoms with Gasteiger partial charge in [0.25, 0.3) is 0 Å². The molecule has 0 rings (SSSR count). The number of nitrogens with two attached hydrogens (primary N) is 1. The summed E-state index contributed by atoms with van der Waals surface area (Å²) in [4.78, 5) is 33.8. The first-order valence-corrected chi connectivity index (χ1v) is 4.44. The first-order valence-electron chi connectivity index (χ1n) is 4.44. The van der Waals surface area contributed by atoms with E-state index in [4.69, 9.17) is 10.8 Å². The normalized spacial score (nSPS) is 10.9. The molecule has 0 aliphatic carbocycles. The van der Waals surface area contributed by atoms with Crippen molar-refractivity contribution in [2.75, 3.05) is 13.1 Å². The Morgan fingerprint density at radius 3 is 1.93 bits per heavy atom. The largest absolute Gasteiger partial charge is 0.480 e. The first-order chi connectivity index (χ1) is 6.64. The molecule has 0 bridgehead atoms. The van der Waals surface area contributed by atoms with Crippen LogP contribution in [0.1, 0.15) is 20.8 Å². The highest BCUT2D eigenvalue weighted by Crippen LogP contribution is 2.16. The summed E-state index contributed by atoms with van der Waals surface area (Å²) in [6, 6.07) is 0. The second-order valence-electron chi connectivity index (χ2n) is 4.27. The van der Waals surface area contributed by atoms with E-state index in [9.17, 15) is 14.4 Å². The van der Waals surface area contributed by atoms with Gasteiger partial charge in [0.1, 0.15) is 6.54 Å². The molecular weight excluding hydrogens is 200 g/mol. The molecule has 86 valence electrons. The van der Waals surface area contributed by atoms with Crippen LogP contribution < -0.4 is 5.73 Å². The molecule has 0 heterocycles. The molecule has 0 aliphatic rings. The van der Waals surface area contributed by atoms with Gasteiger partial charge in [-0.1, -0.05) is 20.8 Å². The van der Waals surface area contributed by atoms with Crippen LogP contribution in [0.4, 0.5) is 0 Å². The second kappa shape index (κ2) is 4.77. The van der Waals surface area contributed by atoms with Crippen molar-refractivity contribution in [2.45, 2.75) is 20.8 Å². The lowest BCUT2D eigenvalue weighted by Gasteiger charge is -2.27. The fourth-order valence-electron chi connectivity index (χ4n) is 1.03. The van der Waals surface area contributed by atoms with Crippen molar-refractivity contribution in [1.29, 1.82) is 0 Å². The lowest BCUT2D eigenvalue weighted by Crippen LogP contribution is -2.46. The van der Waals surface area contributed by atoms with Crippen molar-refractivity contribution in [1.82, 2.24) is 4.90 Å². The van der Waals surface area contributed by atoms with Crippen LogP contribution in [-0.2, 0) is 14.4 Å². The zero-order valence-electron chi connectivity index (χ0n) is 9.11. The Balaban J connectivity index is 4.70. The van der Waals surface area contributed by atoms with E-state index in [0.717, 1.165) is 4.90 Å². The van der Waals surface area contributed by atoms with Gasteiger partial charge in [-0.2, -0.15) is 0 Å². The minimum absolute atomic E-state index is 0.373. The van der Waals surface area contributed by atoms with Crippen LogP contribution in [0.2, 0.25) is 0 Å². The third-order valence-corrected chi connectivity index (χ3v) is 1.60. The summed E-state index contributed by atoms with van der Waals surface area (Å²) >= 11 is 0. The Bertz CT molecular complexity index is 264. The molecule has 0 atom stereocenters. The van der Waals surface area contributed by atoms with Crippen molar-refractivity contribution >= 4 is 17.8 Å². The molecule has 6 nitrogen and oxygen atoms in total. The number of rotatable bonds is 4. The van der Waals surface area contributed by atoms with Crippen molar-refractivity contribution in [3.8, 4) is 0 Å². The topological polar surface area (TPSA) is 101 Å². The molecule has 15 heavy (non-hydrogen) atoms. The average molecular weight is 216 g/mol. The Labute approximate surface area is 88.0 Å². The Morgan fingerprint density at radius 1 is 1.20 bits per heavy atom. The minimum atomic E-state index is -1.17. The molecule has 0 aromatic rings. The number of amides is 2. The number of nitrogens with zero attached hydrogens (tertiary/aromatic N) is 1. The van der Waals surface area contributed by atoms with Gasteiger partial charge < -0.3 is 15.7 Å². The molecule has 2 amide bonds. The predicted molar refractivity (Wildman–Crippen MR) is 52.9 cm³/mol.